The summed E-state index contributed by atoms with van der Waals surface area (Å²) in [6.45, 7) is 5.70. The molecule has 3 heterocycles. The van der Waals surface area contributed by atoms with Crippen molar-refractivity contribution in [3.8, 4) is 0 Å². The van der Waals surface area contributed by atoms with Crippen LogP contribution >= 0.6 is 22.9 Å². The Morgan fingerprint density at radius 3 is 2.83 bits per heavy atom. The number of thiophene rings is 1. The number of nitrogens with one attached hydrogen (secondary N) is 1. The van der Waals surface area contributed by atoms with E-state index in [0.29, 0.717) is 12.0 Å². The van der Waals surface area contributed by atoms with Gasteiger partial charge < -0.3 is 5.32 Å². The van der Waals surface area contributed by atoms with Gasteiger partial charge in [-0.2, -0.15) is 4.37 Å². The summed E-state index contributed by atoms with van der Waals surface area (Å²) >= 11 is 3.38. The Bertz CT molecular complexity index is 612. The molecule has 1 saturated carbocycles. The van der Waals surface area contributed by atoms with E-state index >= 15 is 0 Å². The van der Waals surface area contributed by atoms with Crippen molar-refractivity contribution in [1.29, 1.82) is 0 Å². The van der Waals surface area contributed by atoms with Gasteiger partial charge in [0, 0.05) is 28.9 Å². The van der Waals surface area contributed by atoms with E-state index in [1.54, 1.807) is 0 Å². The minimum Gasteiger partial charge on any atom is -0.358 e. The highest BCUT2D eigenvalue weighted by Gasteiger charge is 2.28. The summed E-state index contributed by atoms with van der Waals surface area (Å²) in [6.07, 6.45) is 5.15. The van der Waals surface area contributed by atoms with Gasteiger partial charge in [0.2, 0.25) is 5.13 Å². The first kappa shape index (κ1) is 15.5. The second-order valence-corrected chi connectivity index (χ2v) is 8.59. The molecule has 2 aliphatic rings. The average Bonchev–Trinajstić information content (AvgIpc) is 3.08. The lowest BCUT2D eigenvalue weighted by Crippen LogP contribution is -2.38. The van der Waals surface area contributed by atoms with Crippen molar-refractivity contribution in [1.82, 2.24) is 14.3 Å². The van der Waals surface area contributed by atoms with Gasteiger partial charge in [-0.15, -0.1) is 11.3 Å². The second-order valence-electron chi connectivity index (χ2n) is 6.86. The molecule has 4 nitrogen and oxygen atoms in total. The number of anilines is 1. The summed E-state index contributed by atoms with van der Waals surface area (Å²) in [5.74, 6) is 2.56. The molecule has 0 spiro atoms. The Kier molecular flexibility index (Phi) is 4.64. The molecule has 0 bridgehead atoms. The summed E-state index contributed by atoms with van der Waals surface area (Å²) in [5, 5.41) is 6.73. The lowest BCUT2D eigenvalue weighted by atomic mass is 9.97. The Labute approximate surface area is 146 Å². The highest BCUT2D eigenvalue weighted by Crippen LogP contribution is 2.39. The van der Waals surface area contributed by atoms with Crippen LogP contribution in [0.5, 0.6) is 0 Å². The maximum atomic E-state index is 4.66. The van der Waals surface area contributed by atoms with Crippen LogP contribution in [0.15, 0.2) is 17.5 Å². The highest BCUT2D eigenvalue weighted by atomic mass is 32.1. The van der Waals surface area contributed by atoms with E-state index < -0.39 is 0 Å². The smallest absolute Gasteiger partial charge is 0.202 e. The lowest BCUT2D eigenvalue weighted by Gasteiger charge is -2.36. The van der Waals surface area contributed by atoms with Crippen LogP contribution in [0.4, 0.5) is 5.13 Å². The number of rotatable bonds is 6. The van der Waals surface area contributed by atoms with Gasteiger partial charge in [-0.1, -0.05) is 13.0 Å². The van der Waals surface area contributed by atoms with Gasteiger partial charge in [0.15, 0.2) is 0 Å². The summed E-state index contributed by atoms with van der Waals surface area (Å²) < 4.78 is 4.50. The molecule has 2 fully saturated rings. The molecule has 6 heteroatoms. The summed E-state index contributed by atoms with van der Waals surface area (Å²) in [5.41, 5.74) is 0. The fraction of sp³-hybridized carbons (Fsp3) is 0.647. The molecule has 2 aromatic heterocycles. The molecule has 1 saturated heterocycles. The third kappa shape index (κ3) is 3.75. The van der Waals surface area contributed by atoms with Gasteiger partial charge in [-0.25, -0.2) is 4.98 Å². The van der Waals surface area contributed by atoms with Crippen molar-refractivity contribution in [2.24, 2.45) is 5.92 Å². The van der Waals surface area contributed by atoms with E-state index in [0.717, 1.165) is 23.4 Å². The first-order chi connectivity index (χ1) is 11.3. The Morgan fingerprint density at radius 2 is 2.13 bits per heavy atom. The van der Waals surface area contributed by atoms with Gasteiger partial charge >= 0.3 is 0 Å². The molecule has 0 aromatic carbocycles. The number of hydrogen-bond acceptors (Lipinski definition) is 6. The third-order valence-electron chi connectivity index (χ3n) is 4.96. The zero-order valence-electron chi connectivity index (χ0n) is 13.6. The minimum atomic E-state index is 0.454. The normalized spacial score (nSPS) is 21.4. The zero-order chi connectivity index (χ0) is 15.6. The molecular weight excluding hydrogens is 324 g/mol. The fourth-order valence-electron chi connectivity index (χ4n) is 3.23. The molecule has 1 atom stereocenters. The Morgan fingerprint density at radius 1 is 1.30 bits per heavy atom. The van der Waals surface area contributed by atoms with Crippen molar-refractivity contribution in [2.45, 2.75) is 44.6 Å². The van der Waals surface area contributed by atoms with Crippen LogP contribution in [0.25, 0.3) is 0 Å². The molecule has 0 radical (unpaired) electrons. The number of piperidine rings is 1. The van der Waals surface area contributed by atoms with Gasteiger partial charge in [0.05, 0.1) is 6.04 Å². The van der Waals surface area contributed by atoms with Crippen LogP contribution in [0.1, 0.15) is 55.3 Å². The van der Waals surface area contributed by atoms with Crippen molar-refractivity contribution < 1.29 is 0 Å². The van der Waals surface area contributed by atoms with E-state index in [2.05, 4.69) is 44.0 Å². The van der Waals surface area contributed by atoms with Crippen molar-refractivity contribution in [3.63, 3.8) is 0 Å². The SMILES string of the molecule is CC1CCN(C(CNc2nc(C3CC3)ns2)c2cccs2)CC1. The van der Waals surface area contributed by atoms with Gasteiger partial charge in [0.1, 0.15) is 5.82 Å². The summed E-state index contributed by atoms with van der Waals surface area (Å²) in [6, 6.07) is 4.89. The largest absolute Gasteiger partial charge is 0.358 e. The van der Waals surface area contributed by atoms with Crippen LogP contribution in [0.2, 0.25) is 0 Å². The van der Waals surface area contributed by atoms with E-state index in [9.17, 15) is 0 Å². The molecule has 1 aliphatic heterocycles. The van der Waals surface area contributed by atoms with E-state index in [1.165, 1.54) is 55.2 Å². The first-order valence-electron chi connectivity index (χ1n) is 8.64. The molecule has 2 aromatic rings. The molecule has 1 unspecified atom stereocenters. The number of nitrogens with zero attached hydrogens (tertiary/aromatic N) is 3. The average molecular weight is 349 g/mol. The minimum absolute atomic E-state index is 0.454. The predicted molar refractivity (Wildman–Crippen MR) is 97.4 cm³/mol. The molecule has 0 amide bonds. The molecular formula is C17H24N4S2. The monoisotopic (exact) mass is 348 g/mol. The van der Waals surface area contributed by atoms with E-state index in [1.807, 2.05) is 11.3 Å². The van der Waals surface area contributed by atoms with Gasteiger partial charge in [-0.3, -0.25) is 4.90 Å². The molecule has 23 heavy (non-hydrogen) atoms. The predicted octanol–water partition coefficient (Wildman–Crippen LogP) is 4.36. The van der Waals surface area contributed by atoms with Crippen molar-refractivity contribution in [2.75, 3.05) is 25.0 Å². The first-order valence-corrected chi connectivity index (χ1v) is 10.3. The van der Waals surface area contributed by atoms with Gasteiger partial charge in [-0.05, 0) is 56.1 Å². The maximum absolute atomic E-state index is 4.66. The summed E-state index contributed by atoms with van der Waals surface area (Å²) in [4.78, 5) is 8.76. The Hall–Kier alpha value is -0.980. The van der Waals surface area contributed by atoms with Crippen LogP contribution in [0, 0.1) is 5.92 Å². The summed E-state index contributed by atoms with van der Waals surface area (Å²) in [7, 11) is 0. The van der Waals surface area contributed by atoms with Gasteiger partial charge in [0.25, 0.3) is 0 Å². The van der Waals surface area contributed by atoms with Crippen LogP contribution in [-0.4, -0.2) is 33.9 Å². The fourth-order valence-corrected chi connectivity index (χ4v) is 4.74. The lowest BCUT2D eigenvalue weighted by molar-refractivity contribution is 0.145. The molecule has 4 rings (SSSR count). The molecule has 1 aliphatic carbocycles. The van der Waals surface area contributed by atoms with Crippen molar-refractivity contribution in [3.05, 3.63) is 28.2 Å². The highest BCUT2D eigenvalue weighted by molar-refractivity contribution is 7.10. The number of aromatic nitrogens is 2. The van der Waals surface area contributed by atoms with Crippen LogP contribution < -0.4 is 5.32 Å². The molecule has 1 N–H and O–H groups in total. The standard InChI is InChI=1S/C17H24N4S2/c1-12-6-8-21(9-7-12)14(15-3-2-10-22-15)11-18-17-19-16(20-23-17)13-4-5-13/h2-3,10,12-14H,4-9,11H2,1H3,(H,18,19,20). The van der Waals surface area contributed by atoms with E-state index in [-0.39, 0.29) is 0 Å². The van der Waals surface area contributed by atoms with Crippen LogP contribution in [-0.2, 0) is 0 Å². The zero-order valence-corrected chi connectivity index (χ0v) is 15.2. The maximum Gasteiger partial charge on any atom is 0.202 e. The van der Waals surface area contributed by atoms with Crippen molar-refractivity contribution >= 4 is 28.0 Å². The number of likely N-dealkylation sites (tertiary alicyclic amines) is 1. The number of hydrogen-bond donors (Lipinski definition) is 1. The van der Waals surface area contributed by atoms with E-state index in [4.69, 9.17) is 0 Å². The van der Waals surface area contributed by atoms with Crippen LogP contribution in [0.3, 0.4) is 0 Å². The molecule has 124 valence electrons. The topological polar surface area (TPSA) is 41.0 Å². The Balaban J connectivity index is 1.42. The third-order valence-corrected chi connectivity index (χ3v) is 6.62. The quantitative estimate of drug-likeness (QED) is 0.842. The second kappa shape index (κ2) is 6.87.